The van der Waals surface area contributed by atoms with Crippen molar-refractivity contribution in [3.63, 3.8) is 0 Å². The molecule has 102 valence electrons. The van der Waals surface area contributed by atoms with Crippen molar-refractivity contribution in [3.05, 3.63) is 24.5 Å². The minimum absolute atomic E-state index is 0.171. The predicted molar refractivity (Wildman–Crippen MR) is 56.1 cm³/mol. The molecule has 0 amide bonds. The van der Waals surface area contributed by atoms with Gasteiger partial charge in [0.2, 0.25) is 10.0 Å². The molecule has 0 bridgehead atoms. The van der Waals surface area contributed by atoms with E-state index in [4.69, 9.17) is 5.11 Å². The van der Waals surface area contributed by atoms with E-state index in [9.17, 15) is 21.6 Å². The standard InChI is InChI=1S/C9H11F3N2O3S/c10-9(11,12)7-14(4-5-15)18(16,17)8-2-1-3-13-6-8/h1-3,6,15H,4-5,7H2. The lowest BCUT2D eigenvalue weighted by Crippen LogP contribution is -2.40. The first-order valence-electron chi connectivity index (χ1n) is 4.85. The van der Waals surface area contributed by atoms with Crippen molar-refractivity contribution in [1.29, 1.82) is 0 Å². The summed E-state index contributed by atoms with van der Waals surface area (Å²) in [4.78, 5) is 3.20. The summed E-state index contributed by atoms with van der Waals surface area (Å²) >= 11 is 0. The molecule has 5 nitrogen and oxygen atoms in total. The van der Waals surface area contributed by atoms with Gasteiger partial charge in [0.1, 0.15) is 11.4 Å². The van der Waals surface area contributed by atoms with Crippen LogP contribution >= 0.6 is 0 Å². The molecule has 1 rings (SSSR count). The second-order valence-corrected chi connectivity index (χ2v) is 5.30. The Morgan fingerprint density at radius 1 is 1.39 bits per heavy atom. The highest BCUT2D eigenvalue weighted by Crippen LogP contribution is 2.21. The van der Waals surface area contributed by atoms with Gasteiger partial charge in [-0.05, 0) is 12.1 Å². The Bertz CT molecular complexity index is 476. The number of sulfonamides is 1. The smallest absolute Gasteiger partial charge is 0.395 e. The zero-order chi connectivity index (χ0) is 13.8. The SMILES string of the molecule is O=S(=O)(c1cccnc1)N(CCO)CC(F)(F)F. The number of nitrogens with zero attached hydrogens (tertiary/aromatic N) is 2. The summed E-state index contributed by atoms with van der Waals surface area (Å²) in [5.74, 6) is 0. The Labute approximate surface area is 102 Å². The van der Waals surface area contributed by atoms with E-state index in [0.717, 1.165) is 12.3 Å². The zero-order valence-corrected chi connectivity index (χ0v) is 9.95. The summed E-state index contributed by atoms with van der Waals surface area (Å²) < 4.78 is 60.7. The first kappa shape index (κ1) is 14.9. The van der Waals surface area contributed by atoms with Crippen LogP contribution in [0.1, 0.15) is 0 Å². The lowest BCUT2D eigenvalue weighted by atomic mass is 10.5. The van der Waals surface area contributed by atoms with Crippen molar-refractivity contribution in [2.45, 2.75) is 11.1 Å². The van der Waals surface area contributed by atoms with Gasteiger partial charge < -0.3 is 5.11 Å². The van der Waals surface area contributed by atoms with Crippen LogP contribution in [-0.2, 0) is 10.0 Å². The largest absolute Gasteiger partial charge is 0.402 e. The van der Waals surface area contributed by atoms with Crippen LogP contribution < -0.4 is 0 Å². The molecule has 0 aliphatic carbocycles. The van der Waals surface area contributed by atoms with Gasteiger partial charge in [-0.2, -0.15) is 17.5 Å². The van der Waals surface area contributed by atoms with Crippen molar-refractivity contribution < 1.29 is 26.7 Å². The molecule has 1 aromatic rings. The number of halogens is 3. The van der Waals surface area contributed by atoms with Crippen molar-refractivity contribution in [3.8, 4) is 0 Å². The molecule has 1 aromatic heterocycles. The summed E-state index contributed by atoms with van der Waals surface area (Å²) in [6, 6.07) is 2.45. The maximum atomic E-state index is 12.3. The molecule has 0 aliphatic heterocycles. The van der Waals surface area contributed by atoms with Crippen LogP contribution in [0.25, 0.3) is 0 Å². The molecule has 1 N–H and O–H groups in total. The van der Waals surface area contributed by atoms with Gasteiger partial charge in [0, 0.05) is 18.9 Å². The average Bonchev–Trinajstić information content (AvgIpc) is 2.28. The van der Waals surface area contributed by atoms with Gasteiger partial charge in [-0.3, -0.25) is 4.98 Å². The third-order valence-corrected chi connectivity index (χ3v) is 3.81. The van der Waals surface area contributed by atoms with Gasteiger partial charge in [-0.15, -0.1) is 0 Å². The Morgan fingerprint density at radius 2 is 2.06 bits per heavy atom. The van der Waals surface area contributed by atoms with Crippen molar-refractivity contribution >= 4 is 10.0 Å². The van der Waals surface area contributed by atoms with Crippen LogP contribution in [0.2, 0.25) is 0 Å². The fraction of sp³-hybridized carbons (Fsp3) is 0.444. The normalized spacial score (nSPS) is 12.9. The molecule has 0 spiro atoms. The summed E-state index contributed by atoms with van der Waals surface area (Å²) in [5, 5.41) is 8.65. The molecule has 0 saturated carbocycles. The summed E-state index contributed by atoms with van der Waals surface area (Å²) in [5.41, 5.74) is 0. The second-order valence-electron chi connectivity index (χ2n) is 3.37. The monoisotopic (exact) mass is 284 g/mol. The number of pyridine rings is 1. The molecular weight excluding hydrogens is 273 g/mol. The quantitative estimate of drug-likeness (QED) is 0.861. The van der Waals surface area contributed by atoms with E-state index in [1.165, 1.54) is 12.3 Å². The van der Waals surface area contributed by atoms with E-state index in [1.54, 1.807) is 0 Å². The van der Waals surface area contributed by atoms with Gasteiger partial charge in [-0.25, -0.2) is 8.42 Å². The lowest BCUT2D eigenvalue weighted by molar-refractivity contribution is -0.136. The molecule has 0 unspecified atom stereocenters. The molecule has 1 heterocycles. The Kier molecular flexibility index (Phi) is 4.65. The van der Waals surface area contributed by atoms with Crippen LogP contribution in [0.3, 0.4) is 0 Å². The third kappa shape index (κ3) is 3.93. The molecule has 9 heteroatoms. The number of hydrogen-bond acceptors (Lipinski definition) is 4. The first-order chi connectivity index (χ1) is 8.27. The maximum absolute atomic E-state index is 12.3. The van der Waals surface area contributed by atoms with Crippen molar-refractivity contribution in [1.82, 2.24) is 9.29 Å². The highest BCUT2D eigenvalue weighted by molar-refractivity contribution is 7.89. The van der Waals surface area contributed by atoms with E-state index in [2.05, 4.69) is 4.98 Å². The van der Waals surface area contributed by atoms with Gasteiger partial charge in [0.25, 0.3) is 0 Å². The Balaban J connectivity index is 3.05. The number of aliphatic hydroxyl groups is 1. The van der Waals surface area contributed by atoms with Crippen molar-refractivity contribution in [2.75, 3.05) is 19.7 Å². The molecule has 0 atom stereocenters. The van der Waals surface area contributed by atoms with E-state index in [1.807, 2.05) is 0 Å². The highest BCUT2D eigenvalue weighted by atomic mass is 32.2. The number of aliphatic hydroxyl groups excluding tert-OH is 1. The molecule has 0 fully saturated rings. The molecule has 0 radical (unpaired) electrons. The molecule has 0 aromatic carbocycles. The zero-order valence-electron chi connectivity index (χ0n) is 9.13. The van der Waals surface area contributed by atoms with Crippen LogP contribution in [0, 0.1) is 0 Å². The summed E-state index contributed by atoms with van der Waals surface area (Å²) in [7, 11) is -4.31. The molecule has 18 heavy (non-hydrogen) atoms. The van der Waals surface area contributed by atoms with E-state index >= 15 is 0 Å². The number of rotatable bonds is 5. The minimum atomic E-state index is -4.68. The van der Waals surface area contributed by atoms with Crippen LogP contribution in [0.5, 0.6) is 0 Å². The number of aromatic nitrogens is 1. The topological polar surface area (TPSA) is 70.5 Å². The van der Waals surface area contributed by atoms with Gasteiger partial charge in [0.15, 0.2) is 0 Å². The third-order valence-electron chi connectivity index (χ3n) is 1.98. The summed E-state index contributed by atoms with van der Waals surface area (Å²) in [6.07, 6.45) is -2.42. The molecule has 0 saturated heterocycles. The van der Waals surface area contributed by atoms with Gasteiger partial charge >= 0.3 is 6.18 Å². The maximum Gasteiger partial charge on any atom is 0.402 e. The summed E-state index contributed by atoms with van der Waals surface area (Å²) in [6.45, 7) is -2.98. The van der Waals surface area contributed by atoms with Crippen molar-refractivity contribution in [2.24, 2.45) is 0 Å². The van der Waals surface area contributed by atoms with E-state index < -0.39 is 35.9 Å². The average molecular weight is 284 g/mol. The Hall–Kier alpha value is -1.19. The van der Waals surface area contributed by atoms with Crippen LogP contribution in [0.4, 0.5) is 13.2 Å². The lowest BCUT2D eigenvalue weighted by Gasteiger charge is -2.22. The second kappa shape index (κ2) is 5.63. The van der Waals surface area contributed by atoms with Crippen LogP contribution in [-0.4, -0.2) is 48.7 Å². The minimum Gasteiger partial charge on any atom is -0.395 e. The fourth-order valence-electron chi connectivity index (χ4n) is 1.24. The highest BCUT2D eigenvalue weighted by Gasteiger charge is 2.36. The predicted octanol–water partition coefficient (Wildman–Crippen LogP) is 0.627. The number of alkyl halides is 3. The van der Waals surface area contributed by atoms with Crippen LogP contribution in [0.15, 0.2) is 29.4 Å². The molecule has 0 aliphatic rings. The van der Waals surface area contributed by atoms with E-state index in [0.29, 0.717) is 0 Å². The number of hydrogen-bond donors (Lipinski definition) is 1. The Morgan fingerprint density at radius 3 is 2.50 bits per heavy atom. The fourth-order valence-corrected chi connectivity index (χ4v) is 2.63. The van der Waals surface area contributed by atoms with Gasteiger partial charge in [0.05, 0.1) is 6.61 Å². The van der Waals surface area contributed by atoms with Gasteiger partial charge in [-0.1, -0.05) is 0 Å². The first-order valence-corrected chi connectivity index (χ1v) is 6.29. The van der Waals surface area contributed by atoms with E-state index in [-0.39, 0.29) is 9.20 Å². The molecular formula is C9H11F3N2O3S.